The van der Waals surface area contributed by atoms with Gasteiger partial charge in [0.05, 0.1) is 11.1 Å². The number of cyclic esters (lactones) is 2. The van der Waals surface area contributed by atoms with E-state index in [-0.39, 0.29) is 0 Å². The number of carbonyl (C=O) groups is 2. The third kappa shape index (κ3) is 1.66. The molecule has 0 unspecified atom stereocenters. The molecule has 0 radical (unpaired) electrons. The molecule has 0 saturated carbocycles. The molecular formula is C12H3Br3O3. The standard InChI is InChI=1S/C12H3Br3O3/c13-4-1-5-9-6(2-4)11(16)18-12(17)7(9)3-8(14)10(5)15/h1-3H. The van der Waals surface area contributed by atoms with Gasteiger partial charge in [-0.25, -0.2) is 9.59 Å². The lowest BCUT2D eigenvalue weighted by atomic mass is 9.97. The molecule has 0 fully saturated rings. The molecular weight excluding hydrogens is 432 g/mol. The highest BCUT2D eigenvalue weighted by Crippen LogP contribution is 2.39. The molecule has 0 amide bonds. The van der Waals surface area contributed by atoms with Crippen LogP contribution in [0.15, 0.2) is 31.6 Å². The molecule has 2 aromatic rings. The van der Waals surface area contributed by atoms with Gasteiger partial charge in [0.15, 0.2) is 0 Å². The number of ether oxygens (including phenoxy) is 1. The first-order chi connectivity index (χ1) is 8.49. The number of esters is 2. The molecule has 0 aromatic heterocycles. The average molecular weight is 435 g/mol. The summed E-state index contributed by atoms with van der Waals surface area (Å²) in [5, 5.41) is 1.41. The van der Waals surface area contributed by atoms with E-state index < -0.39 is 11.9 Å². The van der Waals surface area contributed by atoms with E-state index in [0.717, 1.165) is 18.8 Å². The van der Waals surface area contributed by atoms with Crippen LogP contribution in [0.1, 0.15) is 20.7 Å². The van der Waals surface area contributed by atoms with Gasteiger partial charge in [0.25, 0.3) is 0 Å². The highest BCUT2D eigenvalue weighted by atomic mass is 79.9. The Bertz CT molecular complexity index is 717. The molecule has 0 spiro atoms. The van der Waals surface area contributed by atoms with Crippen molar-refractivity contribution in [3.8, 4) is 0 Å². The molecule has 0 aliphatic carbocycles. The summed E-state index contributed by atoms with van der Waals surface area (Å²) in [7, 11) is 0. The summed E-state index contributed by atoms with van der Waals surface area (Å²) in [6.07, 6.45) is 0. The molecule has 0 saturated heterocycles. The average Bonchev–Trinajstić information content (AvgIpc) is 2.31. The molecule has 18 heavy (non-hydrogen) atoms. The highest BCUT2D eigenvalue weighted by Gasteiger charge is 2.29. The van der Waals surface area contributed by atoms with Gasteiger partial charge in [-0.3, -0.25) is 0 Å². The molecule has 90 valence electrons. The van der Waals surface area contributed by atoms with Crippen molar-refractivity contribution in [1.82, 2.24) is 0 Å². The number of benzene rings is 2. The lowest BCUT2D eigenvalue weighted by molar-refractivity contribution is 0.0391. The largest absolute Gasteiger partial charge is 0.386 e. The summed E-state index contributed by atoms with van der Waals surface area (Å²) in [6.45, 7) is 0. The predicted octanol–water partition coefficient (Wildman–Crippen LogP) is 4.44. The van der Waals surface area contributed by atoms with Crippen molar-refractivity contribution in [2.45, 2.75) is 0 Å². The zero-order chi connectivity index (χ0) is 13.0. The molecule has 3 rings (SSSR count). The van der Waals surface area contributed by atoms with Crippen LogP contribution in [-0.2, 0) is 4.74 Å². The van der Waals surface area contributed by atoms with Crippen molar-refractivity contribution < 1.29 is 14.3 Å². The molecule has 1 aliphatic rings. The summed E-state index contributed by atoms with van der Waals surface area (Å²) in [6, 6.07) is 5.16. The van der Waals surface area contributed by atoms with Crippen molar-refractivity contribution in [2.24, 2.45) is 0 Å². The van der Waals surface area contributed by atoms with Gasteiger partial charge in [0.2, 0.25) is 0 Å². The quantitative estimate of drug-likeness (QED) is 0.455. The lowest BCUT2D eigenvalue weighted by Crippen LogP contribution is -2.19. The van der Waals surface area contributed by atoms with E-state index in [1.54, 1.807) is 12.1 Å². The Balaban J connectivity index is 2.60. The maximum absolute atomic E-state index is 11.7. The van der Waals surface area contributed by atoms with Crippen LogP contribution in [0.2, 0.25) is 0 Å². The molecule has 2 aromatic carbocycles. The summed E-state index contributed by atoms with van der Waals surface area (Å²) < 4.78 is 7.00. The first-order valence-corrected chi connectivity index (χ1v) is 7.24. The zero-order valence-electron chi connectivity index (χ0n) is 8.59. The molecule has 0 atom stereocenters. The third-order valence-corrected chi connectivity index (χ3v) is 5.18. The fourth-order valence-corrected chi connectivity index (χ4v) is 3.30. The van der Waals surface area contributed by atoms with Crippen LogP contribution in [0.3, 0.4) is 0 Å². The lowest BCUT2D eigenvalue weighted by Gasteiger charge is -2.17. The van der Waals surface area contributed by atoms with Crippen LogP contribution in [0.5, 0.6) is 0 Å². The Labute approximate surface area is 127 Å². The van der Waals surface area contributed by atoms with Gasteiger partial charge in [-0.15, -0.1) is 0 Å². The van der Waals surface area contributed by atoms with Gasteiger partial charge < -0.3 is 4.74 Å². The minimum Gasteiger partial charge on any atom is -0.386 e. The second-order valence-electron chi connectivity index (χ2n) is 3.77. The first-order valence-electron chi connectivity index (χ1n) is 4.87. The van der Waals surface area contributed by atoms with Crippen molar-refractivity contribution >= 4 is 70.5 Å². The fourth-order valence-electron chi connectivity index (χ4n) is 1.98. The number of halogens is 3. The van der Waals surface area contributed by atoms with Crippen molar-refractivity contribution in [3.05, 3.63) is 42.7 Å². The highest BCUT2D eigenvalue weighted by molar-refractivity contribution is 9.13. The maximum Gasteiger partial charge on any atom is 0.346 e. The second-order valence-corrected chi connectivity index (χ2v) is 6.34. The van der Waals surface area contributed by atoms with Gasteiger partial charge in [0, 0.05) is 18.8 Å². The van der Waals surface area contributed by atoms with Crippen molar-refractivity contribution in [3.63, 3.8) is 0 Å². The summed E-state index contributed by atoms with van der Waals surface area (Å²) in [5.74, 6) is -1.24. The van der Waals surface area contributed by atoms with Gasteiger partial charge in [-0.05, 0) is 55.4 Å². The minimum atomic E-state index is -0.618. The van der Waals surface area contributed by atoms with Crippen molar-refractivity contribution in [1.29, 1.82) is 0 Å². The van der Waals surface area contributed by atoms with E-state index >= 15 is 0 Å². The Morgan fingerprint density at radius 3 is 2.17 bits per heavy atom. The van der Waals surface area contributed by atoms with Crippen LogP contribution in [0.4, 0.5) is 0 Å². The van der Waals surface area contributed by atoms with Crippen LogP contribution in [0.25, 0.3) is 10.8 Å². The van der Waals surface area contributed by atoms with Crippen LogP contribution in [0, 0.1) is 0 Å². The normalized spacial score (nSPS) is 13.9. The molecule has 3 nitrogen and oxygen atoms in total. The van der Waals surface area contributed by atoms with Crippen molar-refractivity contribution in [2.75, 3.05) is 0 Å². The molecule has 1 aliphatic heterocycles. The zero-order valence-corrected chi connectivity index (χ0v) is 13.3. The number of hydrogen-bond acceptors (Lipinski definition) is 3. The number of carbonyl (C=O) groups excluding carboxylic acids is 2. The number of hydrogen-bond donors (Lipinski definition) is 0. The Kier molecular flexibility index (Phi) is 2.84. The molecule has 0 bridgehead atoms. The molecule has 6 heteroatoms. The van der Waals surface area contributed by atoms with E-state index in [4.69, 9.17) is 4.74 Å². The molecule has 0 N–H and O–H groups in total. The topological polar surface area (TPSA) is 43.4 Å². The van der Waals surface area contributed by atoms with Crippen LogP contribution >= 0.6 is 47.8 Å². The van der Waals surface area contributed by atoms with E-state index in [1.165, 1.54) is 0 Å². The van der Waals surface area contributed by atoms with Gasteiger partial charge in [0.1, 0.15) is 0 Å². The van der Waals surface area contributed by atoms with E-state index in [2.05, 4.69) is 47.8 Å². The molecule has 1 heterocycles. The van der Waals surface area contributed by atoms with Crippen LogP contribution in [-0.4, -0.2) is 11.9 Å². The third-order valence-electron chi connectivity index (χ3n) is 2.71. The van der Waals surface area contributed by atoms with Crippen LogP contribution < -0.4 is 0 Å². The Morgan fingerprint density at radius 1 is 0.889 bits per heavy atom. The summed E-state index contributed by atoms with van der Waals surface area (Å²) >= 11 is 10.2. The number of rotatable bonds is 0. The fraction of sp³-hybridized carbons (Fsp3) is 0. The van der Waals surface area contributed by atoms with E-state index in [1.807, 2.05) is 6.07 Å². The van der Waals surface area contributed by atoms with E-state index in [9.17, 15) is 9.59 Å². The monoisotopic (exact) mass is 432 g/mol. The van der Waals surface area contributed by atoms with Gasteiger partial charge in [-0.2, -0.15) is 0 Å². The predicted molar refractivity (Wildman–Crippen MR) is 76.8 cm³/mol. The Hall–Kier alpha value is -0.720. The van der Waals surface area contributed by atoms with Gasteiger partial charge in [-0.1, -0.05) is 15.9 Å². The van der Waals surface area contributed by atoms with Gasteiger partial charge >= 0.3 is 11.9 Å². The SMILES string of the molecule is O=C1OC(=O)c2cc(Br)c(Br)c3cc(Br)cc1c23. The van der Waals surface area contributed by atoms with E-state index in [0.29, 0.717) is 16.5 Å². The second kappa shape index (κ2) is 4.15. The maximum atomic E-state index is 11.7. The Morgan fingerprint density at radius 2 is 1.50 bits per heavy atom. The smallest absolute Gasteiger partial charge is 0.346 e. The minimum absolute atomic E-state index is 0.391. The summed E-state index contributed by atoms with van der Waals surface area (Å²) in [5.41, 5.74) is 0.782. The summed E-state index contributed by atoms with van der Waals surface area (Å²) in [4.78, 5) is 23.5. The first kappa shape index (κ1) is 12.3.